The van der Waals surface area contributed by atoms with Crippen LogP contribution in [-0.4, -0.2) is 61.4 Å². The second-order valence-electron chi connectivity index (χ2n) is 8.14. The quantitative estimate of drug-likeness (QED) is 0.762. The van der Waals surface area contributed by atoms with E-state index in [1.165, 1.54) is 18.6 Å². The van der Waals surface area contributed by atoms with Gasteiger partial charge in [-0.1, -0.05) is 12.1 Å². The van der Waals surface area contributed by atoms with Gasteiger partial charge in [0.2, 0.25) is 11.8 Å². The number of rotatable bonds is 6. The first-order valence-corrected chi connectivity index (χ1v) is 10.5. The summed E-state index contributed by atoms with van der Waals surface area (Å²) in [7, 11) is 1.98. The molecule has 0 saturated carbocycles. The monoisotopic (exact) mass is 425 g/mol. The standard InChI is InChI=1S/C22H32FN3O2.ClH/c1-24-11-8-17-9-13-25(14-10-17)22(28)19-3-2-12-26(16-19)21(27)15-18-4-6-20(23)7-5-18;/h4-7,17,19,24H,2-3,8-16H2,1H3;1H. The van der Waals surface area contributed by atoms with Crippen molar-refractivity contribution in [2.45, 2.75) is 38.5 Å². The molecule has 7 heteroatoms. The first-order valence-electron chi connectivity index (χ1n) is 10.5. The minimum atomic E-state index is -0.297. The summed E-state index contributed by atoms with van der Waals surface area (Å²) in [5, 5.41) is 3.20. The SMILES string of the molecule is CNCCC1CCN(C(=O)C2CCCN(C(=O)Cc3ccc(F)cc3)C2)CC1.Cl. The van der Waals surface area contributed by atoms with Crippen LogP contribution in [0.2, 0.25) is 0 Å². The molecule has 29 heavy (non-hydrogen) atoms. The summed E-state index contributed by atoms with van der Waals surface area (Å²) in [4.78, 5) is 29.4. The highest BCUT2D eigenvalue weighted by atomic mass is 35.5. The maximum absolute atomic E-state index is 13.0. The van der Waals surface area contributed by atoms with Crippen LogP contribution in [0.25, 0.3) is 0 Å². The van der Waals surface area contributed by atoms with Crippen molar-refractivity contribution in [2.75, 3.05) is 39.8 Å². The van der Waals surface area contributed by atoms with Gasteiger partial charge in [-0.05, 0) is 69.3 Å². The zero-order valence-electron chi connectivity index (χ0n) is 17.2. The average Bonchev–Trinajstić information content (AvgIpc) is 2.74. The Hall–Kier alpha value is -1.66. The smallest absolute Gasteiger partial charge is 0.227 e. The first-order chi connectivity index (χ1) is 13.6. The van der Waals surface area contributed by atoms with E-state index in [-0.39, 0.29) is 42.4 Å². The van der Waals surface area contributed by atoms with Crippen LogP contribution in [0.15, 0.2) is 24.3 Å². The fraction of sp³-hybridized carbons (Fsp3) is 0.636. The van der Waals surface area contributed by atoms with Gasteiger partial charge in [-0.25, -0.2) is 4.39 Å². The highest BCUT2D eigenvalue weighted by molar-refractivity contribution is 5.85. The molecule has 2 aliphatic rings. The number of hydrogen-bond acceptors (Lipinski definition) is 3. The van der Waals surface area contributed by atoms with Gasteiger partial charge in [-0.3, -0.25) is 9.59 Å². The second-order valence-corrected chi connectivity index (χ2v) is 8.14. The number of benzene rings is 1. The van der Waals surface area contributed by atoms with Crippen LogP contribution in [-0.2, 0) is 16.0 Å². The van der Waals surface area contributed by atoms with Gasteiger partial charge in [0.15, 0.2) is 0 Å². The zero-order chi connectivity index (χ0) is 19.9. The summed E-state index contributed by atoms with van der Waals surface area (Å²) in [6.07, 6.45) is 5.31. The Morgan fingerprint density at radius 3 is 2.41 bits per heavy atom. The fourth-order valence-corrected chi connectivity index (χ4v) is 4.34. The molecule has 2 aliphatic heterocycles. The van der Waals surface area contributed by atoms with E-state index in [4.69, 9.17) is 0 Å². The Morgan fingerprint density at radius 1 is 1.07 bits per heavy atom. The summed E-state index contributed by atoms with van der Waals surface area (Å²) in [6, 6.07) is 6.06. The Labute approximate surface area is 179 Å². The number of halogens is 2. The summed E-state index contributed by atoms with van der Waals surface area (Å²) < 4.78 is 13.0. The van der Waals surface area contributed by atoms with E-state index in [1.807, 2.05) is 16.8 Å². The van der Waals surface area contributed by atoms with Gasteiger partial charge in [0.25, 0.3) is 0 Å². The lowest BCUT2D eigenvalue weighted by molar-refractivity contribution is -0.141. The van der Waals surface area contributed by atoms with Gasteiger partial charge in [0.1, 0.15) is 5.82 Å². The molecule has 2 heterocycles. The van der Waals surface area contributed by atoms with Gasteiger partial charge in [0.05, 0.1) is 12.3 Å². The number of nitrogens with one attached hydrogen (secondary N) is 1. The van der Waals surface area contributed by atoms with E-state index in [1.54, 1.807) is 12.1 Å². The van der Waals surface area contributed by atoms with E-state index < -0.39 is 0 Å². The molecule has 0 aliphatic carbocycles. The predicted octanol–water partition coefficient (Wildman–Crippen LogP) is 2.88. The summed E-state index contributed by atoms with van der Waals surface area (Å²) in [5.74, 6) is 0.562. The number of carbonyl (C=O) groups is 2. The van der Waals surface area contributed by atoms with Crippen LogP contribution in [0, 0.1) is 17.7 Å². The van der Waals surface area contributed by atoms with E-state index in [9.17, 15) is 14.0 Å². The number of piperidine rings is 2. The first kappa shape index (κ1) is 23.6. The molecule has 0 bridgehead atoms. The molecule has 1 N–H and O–H groups in total. The molecule has 2 fully saturated rings. The number of carbonyl (C=O) groups excluding carboxylic acids is 2. The Bertz CT molecular complexity index is 663. The van der Waals surface area contributed by atoms with Crippen molar-refractivity contribution in [1.29, 1.82) is 0 Å². The molecule has 2 saturated heterocycles. The molecular weight excluding hydrogens is 393 g/mol. The van der Waals surface area contributed by atoms with Crippen molar-refractivity contribution in [3.63, 3.8) is 0 Å². The largest absolute Gasteiger partial charge is 0.342 e. The number of nitrogens with zero attached hydrogens (tertiary/aromatic N) is 2. The van der Waals surface area contributed by atoms with Crippen LogP contribution < -0.4 is 5.32 Å². The lowest BCUT2D eigenvalue weighted by Crippen LogP contribution is -2.49. The van der Waals surface area contributed by atoms with Gasteiger partial charge < -0.3 is 15.1 Å². The fourth-order valence-electron chi connectivity index (χ4n) is 4.34. The molecule has 1 unspecified atom stereocenters. The van der Waals surface area contributed by atoms with Crippen molar-refractivity contribution < 1.29 is 14.0 Å². The number of likely N-dealkylation sites (tertiary alicyclic amines) is 2. The molecule has 1 aromatic carbocycles. The molecule has 1 atom stereocenters. The summed E-state index contributed by atoms with van der Waals surface area (Å²) in [5.41, 5.74) is 0.809. The van der Waals surface area contributed by atoms with Crippen molar-refractivity contribution in [2.24, 2.45) is 11.8 Å². The Balaban J connectivity index is 0.00000300. The third-order valence-corrected chi connectivity index (χ3v) is 6.12. The lowest BCUT2D eigenvalue weighted by Gasteiger charge is -2.38. The van der Waals surface area contributed by atoms with Gasteiger partial charge in [-0.2, -0.15) is 0 Å². The van der Waals surface area contributed by atoms with Gasteiger partial charge >= 0.3 is 0 Å². The molecule has 0 aromatic heterocycles. The van der Waals surface area contributed by atoms with E-state index in [0.29, 0.717) is 19.0 Å². The highest BCUT2D eigenvalue weighted by Crippen LogP contribution is 2.25. The van der Waals surface area contributed by atoms with Crippen LogP contribution in [0.1, 0.15) is 37.7 Å². The van der Waals surface area contributed by atoms with E-state index in [2.05, 4.69) is 5.32 Å². The Morgan fingerprint density at radius 2 is 1.76 bits per heavy atom. The third-order valence-electron chi connectivity index (χ3n) is 6.12. The number of amides is 2. The van der Waals surface area contributed by atoms with Gasteiger partial charge in [-0.15, -0.1) is 12.4 Å². The maximum Gasteiger partial charge on any atom is 0.227 e. The topological polar surface area (TPSA) is 52.7 Å². The molecule has 2 amide bonds. The van der Waals surface area contributed by atoms with Crippen molar-refractivity contribution >= 4 is 24.2 Å². The average molecular weight is 426 g/mol. The van der Waals surface area contributed by atoms with Crippen molar-refractivity contribution in [3.05, 3.63) is 35.6 Å². The van der Waals surface area contributed by atoms with Gasteiger partial charge in [0, 0.05) is 26.2 Å². The van der Waals surface area contributed by atoms with Crippen LogP contribution in [0.3, 0.4) is 0 Å². The minimum absolute atomic E-state index is 0. The van der Waals surface area contributed by atoms with Crippen molar-refractivity contribution in [3.8, 4) is 0 Å². The van der Waals surface area contributed by atoms with E-state index >= 15 is 0 Å². The normalized spacial score (nSPS) is 20.3. The molecule has 1 aromatic rings. The molecule has 0 radical (unpaired) electrons. The van der Waals surface area contributed by atoms with Crippen LogP contribution in [0.4, 0.5) is 4.39 Å². The summed E-state index contributed by atoms with van der Waals surface area (Å²) in [6.45, 7) is 3.93. The van der Waals surface area contributed by atoms with Crippen LogP contribution in [0.5, 0.6) is 0 Å². The predicted molar refractivity (Wildman–Crippen MR) is 115 cm³/mol. The lowest BCUT2D eigenvalue weighted by atomic mass is 9.91. The maximum atomic E-state index is 13.0. The van der Waals surface area contributed by atoms with Crippen molar-refractivity contribution in [1.82, 2.24) is 15.1 Å². The van der Waals surface area contributed by atoms with E-state index in [0.717, 1.165) is 50.9 Å². The number of hydrogen-bond donors (Lipinski definition) is 1. The molecule has 162 valence electrons. The molecular formula is C22H33ClFN3O2. The molecule has 0 spiro atoms. The highest BCUT2D eigenvalue weighted by Gasteiger charge is 2.32. The molecule has 5 nitrogen and oxygen atoms in total. The zero-order valence-corrected chi connectivity index (χ0v) is 18.1. The third kappa shape index (κ3) is 6.68. The second kappa shape index (κ2) is 11.5. The summed E-state index contributed by atoms with van der Waals surface area (Å²) >= 11 is 0. The Kier molecular flexibility index (Phi) is 9.37. The molecule has 3 rings (SSSR count). The van der Waals surface area contributed by atoms with Crippen LogP contribution >= 0.6 is 12.4 Å². The minimum Gasteiger partial charge on any atom is -0.342 e.